The fraction of sp³-hybridized carbons (Fsp3) is 0.357. The van der Waals surface area contributed by atoms with Gasteiger partial charge in [-0.2, -0.15) is 0 Å². The van der Waals surface area contributed by atoms with Crippen LogP contribution in [0, 0.1) is 5.82 Å². The first-order valence-electron chi connectivity index (χ1n) is 12.1. The first-order chi connectivity index (χ1) is 18.0. The number of methoxy groups -OCH3 is 1. The molecule has 0 fully saturated rings. The van der Waals surface area contributed by atoms with Crippen molar-refractivity contribution in [3.8, 4) is 11.6 Å². The Bertz CT molecular complexity index is 1410. The molecule has 0 aliphatic carbocycles. The number of rotatable bonds is 7. The zero-order valence-corrected chi connectivity index (χ0v) is 22.4. The molecule has 0 saturated heterocycles. The summed E-state index contributed by atoms with van der Waals surface area (Å²) < 4.78 is 31.7. The molecule has 38 heavy (non-hydrogen) atoms. The van der Waals surface area contributed by atoms with E-state index in [0.717, 1.165) is 0 Å². The lowest BCUT2D eigenvalue weighted by Crippen LogP contribution is -2.37. The second kappa shape index (κ2) is 10.6. The van der Waals surface area contributed by atoms with Gasteiger partial charge < -0.3 is 19.1 Å². The number of carbonyl (C=O) groups excluding carboxylic acids is 2. The topological polar surface area (TPSA) is 94.1 Å². The fourth-order valence-corrected chi connectivity index (χ4v) is 4.12. The second-order valence-electron chi connectivity index (χ2n) is 10.1. The summed E-state index contributed by atoms with van der Waals surface area (Å²) in [5, 5.41) is 0.885. The van der Waals surface area contributed by atoms with Crippen molar-refractivity contribution in [3.05, 3.63) is 65.4 Å². The van der Waals surface area contributed by atoms with Crippen LogP contribution in [0.5, 0.6) is 11.6 Å². The van der Waals surface area contributed by atoms with Crippen LogP contribution >= 0.6 is 0 Å². The molecule has 3 heterocycles. The summed E-state index contributed by atoms with van der Waals surface area (Å²) in [7, 11) is 5.08. The van der Waals surface area contributed by atoms with Crippen LogP contribution in [0.15, 0.2) is 42.9 Å². The summed E-state index contributed by atoms with van der Waals surface area (Å²) in [6.45, 7) is 5.51. The van der Waals surface area contributed by atoms with E-state index in [1.165, 1.54) is 36.5 Å². The summed E-state index contributed by atoms with van der Waals surface area (Å²) >= 11 is 0. The van der Waals surface area contributed by atoms with Gasteiger partial charge in [0.25, 0.3) is 0 Å². The van der Waals surface area contributed by atoms with Crippen LogP contribution in [-0.4, -0.2) is 60.2 Å². The van der Waals surface area contributed by atoms with Crippen LogP contribution in [0.2, 0.25) is 0 Å². The van der Waals surface area contributed by atoms with Crippen molar-refractivity contribution >= 4 is 28.5 Å². The van der Waals surface area contributed by atoms with Crippen molar-refractivity contribution in [2.75, 3.05) is 32.7 Å². The average molecular weight is 523 g/mol. The van der Waals surface area contributed by atoms with Gasteiger partial charge in [0.2, 0.25) is 5.88 Å². The summed E-state index contributed by atoms with van der Waals surface area (Å²) in [5.41, 5.74) is 0.492. The van der Waals surface area contributed by atoms with Gasteiger partial charge >= 0.3 is 6.09 Å². The van der Waals surface area contributed by atoms with Gasteiger partial charge in [0.15, 0.2) is 5.78 Å². The van der Waals surface area contributed by atoms with Gasteiger partial charge in [-0.3, -0.25) is 9.69 Å². The molecule has 0 bridgehead atoms. The number of anilines is 1. The molecule has 0 saturated carbocycles. The normalized spacial score (nSPS) is 12.8. The minimum Gasteiger partial charge on any atom is -0.493 e. The van der Waals surface area contributed by atoms with Gasteiger partial charge in [0.05, 0.1) is 20.3 Å². The number of allylic oxidation sites excluding steroid dienone is 1. The first-order valence-corrected chi connectivity index (χ1v) is 12.1. The van der Waals surface area contributed by atoms with Crippen molar-refractivity contribution in [2.45, 2.75) is 39.3 Å². The van der Waals surface area contributed by atoms with Crippen molar-refractivity contribution in [2.24, 2.45) is 0 Å². The monoisotopic (exact) mass is 522 g/mol. The maximum atomic E-state index is 15.1. The number of carbonyl (C=O) groups is 2. The molecule has 0 spiro atoms. The van der Waals surface area contributed by atoms with Crippen molar-refractivity contribution in [1.29, 1.82) is 0 Å². The molecular formula is C28H31FN4O5. The molecular weight excluding hydrogens is 491 g/mol. The highest BCUT2D eigenvalue weighted by Gasteiger charge is 2.30. The molecule has 4 rings (SSSR count). The van der Waals surface area contributed by atoms with E-state index in [1.807, 2.05) is 0 Å². The van der Waals surface area contributed by atoms with Gasteiger partial charge in [-0.05, 0) is 32.9 Å². The summed E-state index contributed by atoms with van der Waals surface area (Å²) in [5.74, 6) is 0.293. The molecule has 0 N–H and O–H groups in total. The first kappa shape index (κ1) is 26.8. The van der Waals surface area contributed by atoms with E-state index < -0.39 is 17.5 Å². The van der Waals surface area contributed by atoms with Crippen LogP contribution in [0.3, 0.4) is 0 Å². The van der Waals surface area contributed by atoms with Crippen molar-refractivity contribution in [1.82, 2.24) is 14.9 Å². The Kier molecular flexibility index (Phi) is 7.52. The third-order valence-corrected chi connectivity index (χ3v) is 5.85. The van der Waals surface area contributed by atoms with Crippen LogP contribution in [0.4, 0.5) is 15.0 Å². The minimum absolute atomic E-state index is 0.158. The van der Waals surface area contributed by atoms with Gasteiger partial charge in [-0.25, -0.2) is 19.2 Å². The number of amides is 1. The Morgan fingerprint density at radius 2 is 1.92 bits per heavy atom. The van der Waals surface area contributed by atoms with Crippen LogP contribution in [0.25, 0.3) is 10.8 Å². The number of ketones is 1. The van der Waals surface area contributed by atoms with Crippen LogP contribution < -0.4 is 14.4 Å². The van der Waals surface area contributed by atoms with Gasteiger partial charge in [0.1, 0.15) is 23.0 Å². The molecule has 3 aromatic rings. The predicted octanol–water partition coefficient (Wildman–Crippen LogP) is 4.91. The number of nitrogens with zero attached hydrogens (tertiary/aromatic N) is 4. The molecule has 10 heteroatoms. The maximum Gasteiger partial charge on any atom is 0.416 e. The summed E-state index contributed by atoms with van der Waals surface area (Å²) in [6, 6.07) is 4.52. The summed E-state index contributed by atoms with van der Waals surface area (Å²) in [6.07, 6.45) is 5.74. The number of ether oxygens (including phenoxy) is 3. The van der Waals surface area contributed by atoms with Gasteiger partial charge in [-0.1, -0.05) is 0 Å². The smallest absolute Gasteiger partial charge is 0.416 e. The standard InChI is InChI=1S/C28H31FN4O5/c1-28(2,3)38-27(35)33(16-21-17-10-12-37-24(17)8-7-22(21)29)26-20-15-30-25(36-6)13-18(20)19(14-31-26)23(34)9-11-32(4)5/h7-9,11,13-15H,10,12,16H2,1-6H3/b11-9+. The van der Waals surface area contributed by atoms with Crippen LogP contribution in [-0.2, 0) is 17.7 Å². The SMILES string of the molecule is COc1cc2c(C(=O)/C=C/N(C)C)cnc(N(Cc3c(F)ccc4c3CCO4)C(=O)OC(C)(C)C)c2cn1. The number of pyridine rings is 2. The third kappa shape index (κ3) is 5.69. The van der Waals surface area contributed by atoms with E-state index in [9.17, 15) is 9.59 Å². The van der Waals surface area contributed by atoms with Gasteiger partial charge in [-0.15, -0.1) is 0 Å². The van der Waals surface area contributed by atoms with Crippen LogP contribution in [0.1, 0.15) is 42.3 Å². The predicted molar refractivity (Wildman–Crippen MR) is 141 cm³/mol. The summed E-state index contributed by atoms with van der Waals surface area (Å²) in [4.78, 5) is 38.4. The van der Waals surface area contributed by atoms with Gasteiger partial charge in [0, 0.05) is 78.7 Å². The molecule has 2 aromatic heterocycles. The van der Waals surface area contributed by atoms with Crippen molar-refractivity contribution < 1.29 is 28.2 Å². The molecule has 9 nitrogen and oxygen atoms in total. The number of fused-ring (bicyclic) bond motifs is 2. The molecule has 1 aliphatic heterocycles. The van der Waals surface area contributed by atoms with E-state index >= 15 is 4.39 Å². The van der Waals surface area contributed by atoms with E-state index in [1.54, 1.807) is 58.1 Å². The highest BCUT2D eigenvalue weighted by Crippen LogP contribution is 2.35. The Balaban J connectivity index is 1.89. The number of aromatic nitrogens is 2. The molecule has 0 unspecified atom stereocenters. The number of hydrogen-bond donors (Lipinski definition) is 0. The zero-order valence-electron chi connectivity index (χ0n) is 22.4. The van der Waals surface area contributed by atoms with E-state index in [2.05, 4.69) is 9.97 Å². The molecule has 1 aromatic carbocycles. The number of halogens is 1. The second-order valence-corrected chi connectivity index (χ2v) is 10.1. The molecule has 0 radical (unpaired) electrons. The highest BCUT2D eigenvalue weighted by atomic mass is 19.1. The Labute approximate surface area is 220 Å². The molecule has 1 amide bonds. The fourth-order valence-electron chi connectivity index (χ4n) is 4.12. The molecule has 0 atom stereocenters. The minimum atomic E-state index is -0.820. The number of hydrogen-bond acceptors (Lipinski definition) is 8. The Morgan fingerprint density at radius 3 is 2.61 bits per heavy atom. The Morgan fingerprint density at radius 1 is 1.16 bits per heavy atom. The molecule has 1 aliphatic rings. The third-order valence-electron chi connectivity index (χ3n) is 5.85. The average Bonchev–Trinajstić information content (AvgIpc) is 3.34. The van der Waals surface area contributed by atoms with E-state index in [0.29, 0.717) is 46.2 Å². The van der Waals surface area contributed by atoms with E-state index in [4.69, 9.17) is 14.2 Å². The largest absolute Gasteiger partial charge is 0.493 e. The number of benzene rings is 1. The maximum absolute atomic E-state index is 15.1. The zero-order chi connectivity index (χ0) is 27.6. The lowest BCUT2D eigenvalue weighted by Gasteiger charge is -2.28. The highest BCUT2D eigenvalue weighted by molar-refractivity contribution is 6.15. The molecule has 200 valence electrons. The van der Waals surface area contributed by atoms with E-state index in [-0.39, 0.29) is 24.0 Å². The van der Waals surface area contributed by atoms with Crippen molar-refractivity contribution in [3.63, 3.8) is 0 Å². The Hall–Kier alpha value is -4.21. The lowest BCUT2D eigenvalue weighted by atomic mass is 10.0. The lowest BCUT2D eigenvalue weighted by molar-refractivity contribution is 0.0576. The quantitative estimate of drug-likeness (QED) is 0.319.